The molecule has 6 rings (SSSR count). The molecule has 4 aromatic carbocycles. The minimum Gasteiger partial charge on any atom is -0.872 e. The zero-order chi connectivity index (χ0) is 28.9. The molecule has 1 saturated heterocycles. The van der Waals surface area contributed by atoms with E-state index in [2.05, 4.69) is 0 Å². The number of nitrogens with two attached hydrogens (primary N) is 1. The van der Waals surface area contributed by atoms with Crippen molar-refractivity contribution >= 4 is 58.0 Å². The first-order chi connectivity index (χ1) is 19.8. The summed E-state index contributed by atoms with van der Waals surface area (Å²) in [6.45, 7) is 0. The Morgan fingerprint density at radius 1 is 0.854 bits per heavy atom. The first-order valence-corrected chi connectivity index (χ1v) is 12.9. The number of benzene rings is 4. The molecule has 0 bridgehead atoms. The molecular weight excluding hydrogens is 544 g/mol. The van der Waals surface area contributed by atoms with Crippen LogP contribution in [-0.4, -0.2) is 38.9 Å². The Hall–Kier alpha value is -5.41. The minimum absolute atomic E-state index is 0.0812. The fourth-order valence-electron chi connectivity index (χ4n) is 5.34. The van der Waals surface area contributed by atoms with E-state index in [0.29, 0.717) is 11.4 Å². The largest absolute Gasteiger partial charge is 0.872 e. The first kappa shape index (κ1) is 25.8. The standard InChI is InChI=1S/C31H21ClN4O5/c32-20-16-17-24(37)23(18-20)36-28(40)27(39)25(26(38)19-10-4-1-5-11-19)31(36)29(41)34(21-12-6-2-7-13-21)30(33)35(31)22-14-8-3-9-15-22/h1-18,33H,(H2,37,38,39). The Morgan fingerprint density at radius 2 is 1.44 bits per heavy atom. The topological polar surface area (TPSA) is 130 Å². The molecule has 4 aromatic rings. The van der Waals surface area contributed by atoms with Gasteiger partial charge in [0, 0.05) is 5.02 Å². The van der Waals surface area contributed by atoms with E-state index in [1.807, 2.05) is 0 Å². The highest BCUT2D eigenvalue weighted by molar-refractivity contribution is 6.55. The van der Waals surface area contributed by atoms with Crippen molar-refractivity contribution < 1.29 is 29.2 Å². The van der Waals surface area contributed by atoms with Gasteiger partial charge in [-0.25, -0.2) is 4.79 Å². The number of rotatable bonds is 4. The van der Waals surface area contributed by atoms with Crippen LogP contribution >= 0.6 is 11.6 Å². The summed E-state index contributed by atoms with van der Waals surface area (Å²) >= 11 is 6.27. The van der Waals surface area contributed by atoms with Crippen molar-refractivity contribution in [2.45, 2.75) is 5.66 Å². The number of halogens is 1. The van der Waals surface area contributed by atoms with Crippen LogP contribution in [0.3, 0.4) is 0 Å². The molecule has 3 N–H and O–H groups in total. The number of aromatic hydroxyl groups is 1. The van der Waals surface area contributed by atoms with Gasteiger partial charge in [0.1, 0.15) is 17.1 Å². The summed E-state index contributed by atoms with van der Waals surface area (Å²) in [6, 6.07) is 28.5. The van der Waals surface area contributed by atoms with Crippen molar-refractivity contribution in [2.24, 2.45) is 5.73 Å². The molecule has 10 heteroatoms. The van der Waals surface area contributed by atoms with Crippen molar-refractivity contribution in [1.82, 2.24) is 0 Å². The van der Waals surface area contributed by atoms with Crippen LogP contribution in [0.5, 0.6) is 5.75 Å². The number of hydrogen-bond acceptors (Lipinski definition) is 6. The second kappa shape index (κ2) is 9.65. The monoisotopic (exact) mass is 564 g/mol. The number of anilines is 2. The predicted octanol–water partition coefficient (Wildman–Crippen LogP) is 3.13. The number of carbonyl (C=O) groups is 3. The molecule has 1 spiro atoms. The summed E-state index contributed by atoms with van der Waals surface area (Å²) in [4.78, 5) is 44.7. The van der Waals surface area contributed by atoms with Gasteiger partial charge in [0.2, 0.25) is 0 Å². The molecule has 1 fully saturated rings. The molecule has 0 aromatic heterocycles. The first-order valence-electron chi connectivity index (χ1n) is 12.5. The summed E-state index contributed by atoms with van der Waals surface area (Å²) in [6.07, 6.45) is 0. The molecule has 0 radical (unpaired) electrons. The van der Waals surface area contributed by atoms with E-state index in [1.54, 1.807) is 78.9 Å². The van der Waals surface area contributed by atoms with E-state index in [1.165, 1.54) is 34.9 Å². The van der Waals surface area contributed by atoms with Gasteiger partial charge >= 0.3 is 17.8 Å². The van der Waals surface area contributed by atoms with E-state index in [-0.39, 0.29) is 22.2 Å². The second-order valence-electron chi connectivity index (χ2n) is 9.35. The second-order valence-corrected chi connectivity index (χ2v) is 9.79. The highest BCUT2D eigenvalue weighted by Crippen LogP contribution is 2.49. The number of nitrogens with zero attached hydrogens (tertiary/aromatic N) is 3. The van der Waals surface area contributed by atoms with E-state index < -0.39 is 40.3 Å². The fraction of sp³-hybridized carbons (Fsp3) is 0.0323. The molecule has 1 atom stereocenters. The molecule has 202 valence electrons. The molecule has 2 amide bonds. The van der Waals surface area contributed by atoms with Crippen LogP contribution in [0.15, 0.2) is 115 Å². The van der Waals surface area contributed by atoms with Gasteiger partial charge in [-0.05, 0) is 48.0 Å². The van der Waals surface area contributed by atoms with E-state index in [4.69, 9.17) is 17.3 Å². The number of carbonyl (C=O) groups excluding carboxylic acids is 3. The lowest BCUT2D eigenvalue weighted by atomic mass is 9.93. The maximum absolute atomic E-state index is 14.9. The third kappa shape index (κ3) is 3.70. The number of amides is 2. The molecule has 0 saturated carbocycles. The van der Waals surface area contributed by atoms with Crippen LogP contribution in [0.2, 0.25) is 5.02 Å². The number of guanidine groups is 1. The normalized spacial score (nSPS) is 20.0. The van der Waals surface area contributed by atoms with Crippen LogP contribution in [0.4, 0.5) is 17.1 Å². The van der Waals surface area contributed by atoms with Crippen molar-refractivity contribution in [3.05, 3.63) is 125 Å². The van der Waals surface area contributed by atoms with Gasteiger partial charge in [-0.15, -0.1) is 0 Å². The Labute approximate surface area is 239 Å². The molecule has 9 nitrogen and oxygen atoms in total. The molecule has 41 heavy (non-hydrogen) atoms. The number of phenols is 1. The Morgan fingerprint density at radius 3 is 2.07 bits per heavy atom. The summed E-state index contributed by atoms with van der Waals surface area (Å²) in [5.41, 5.74) is 4.11. The Balaban J connectivity index is 1.79. The van der Waals surface area contributed by atoms with Crippen molar-refractivity contribution in [1.29, 1.82) is 0 Å². The zero-order valence-corrected chi connectivity index (χ0v) is 22.0. The molecule has 1 unspecified atom stereocenters. The average Bonchev–Trinajstić information content (AvgIpc) is 3.36. The fourth-order valence-corrected chi connectivity index (χ4v) is 5.51. The smallest absolute Gasteiger partial charge is 0.366 e. The number of phenolic OH excluding ortho intramolecular Hbond substituents is 1. The molecule has 2 aliphatic heterocycles. The third-order valence-corrected chi connectivity index (χ3v) is 7.29. The minimum atomic E-state index is -2.45. The molecular formula is C31H21ClN4O5. The van der Waals surface area contributed by atoms with Gasteiger partial charge in [0.15, 0.2) is 0 Å². The van der Waals surface area contributed by atoms with Crippen LogP contribution in [0, 0.1) is 0 Å². The van der Waals surface area contributed by atoms with Crippen molar-refractivity contribution in [2.75, 3.05) is 9.80 Å². The third-order valence-electron chi connectivity index (χ3n) is 7.05. The summed E-state index contributed by atoms with van der Waals surface area (Å²) in [7, 11) is 0. The predicted molar refractivity (Wildman–Crippen MR) is 151 cm³/mol. The Kier molecular flexibility index (Phi) is 6.08. The maximum atomic E-state index is 14.9. The highest BCUT2D eigenvalue weighted by atomic mass is 35.5. The van der Waals surface area contributed by atoms with Gasteiger partial charge in [0.05, 0.1) is 11.3 Å². The molecule has 2 heterocycles. The average molecular weight is 565 g/mol. The summed E-state index contributed by atoms with van der Waals surface area (Å²) in [5.74, 6) is -4.75. The lowest BCUT2D eigenvalue weighted by molar-refractivity contribution is -0.495. The number of para-hydroxylation sites is 2. The van der Waals surface area contributed by atoms with E-state index in [9.17, 15) is 24.6 Å². The van der Waals surface area contributed by atoms with Crippen LogP contribution in [0.1, 0.15) is 5.56 Å². The van der Waals surface area contributed by atoms with E-state index >= 15 is 0 Å². The van der Waals surface area contributed by atoms with E-state index in [0.717, 1.165) is 9.80 Å². The lowest BCUT2D eigenvalue weighted by Crippen LogP contribution is -2.59. The lowest BCUT2D eigenvalue weighted by Gasteiger charge is -2.35. The molecule has 0 aliphatic carbocycles. The van der Waals surface area contributed by atoms with Crippen LogP contribution in [-0.2, 0) is 14.4 Å². The SMILES string of the molecule is NC1=[N+](c2ccccc2)C2(C(=O)N1c1ccccc1)/C(=C(\[O-])c1ccccc1)C(=O)C(=O)N2c1cc(Cl)ccc1O. The van der Waals surface area contributed by atoms with Crippen LogP contribution < -0.4 is 20.6 Å². The van der Waals surface area contributed by atoms with Crippen molar-refractivity contribution in [3.8, 4) is 5.75 Å². The van der Waals surface area contributed by atoms with Gasteiger partial charge in [0.25, 0.3) is 11.4 Å². The van der Waals surface area contributed by atoms with Gasteiger partial charge in [-0.1, -0.05) is 84.1 Å². The highest BCUT2D eigenvalue weighted by Gasteiger charge is 2.73. The Bertz CT molecular complexity index is 1790. The summed E-state index contributed by atoms with van der Waals surface area (Å²) in [5, 5.41) is 25.2. The van der Waals surface area contributed by atoms with Gasteiger partial charge in [-0.2, -0.15) is 9.48 Å². The van der Waals surface area contributed by atoms with Gasteiger partial charge < -0.3 is 10.2 Å². The number of Topliss-reactive ketones (excluding diaryl/α,β-unsaturated/α-hetero) is 1. The summed E-state index contributed by atoms with van der Waals surface area (Å²) < 4.78 is 1.28. The number of ketones is 1. The maximum Gasteiger partial charge on any atom is 0.366 e. The number of hydrogen-bond donors (Lipinski definition) is 2. The van der Waals surface area contributed by atoms with Crippen LogP contribution in [0.25, 0.3) is 5.76 Å². The molecule has 2 aliphatic rings. The zero-order valence-electron chi connectivity index (χ0n) is 21.3. The quantitative estimate of drug-likeness (QED) is 0.169. The van der Waals surface area contributed by atoms with Gasteiger partial charge in [-0.3, -0.25) is 20.2 Å². The van der Waals surface area contributed by atoms with Crippen molar-refractivity contribution in [3.63, 3.8) is 0 Å².